The first-order chi connectivity index (χ1) is 9.67. The molecule has 0 spiro atoms. The van der Waals surface area contributed by atoms with Crippen molar-refractivity contribution in [2.45, 2.75) is 33.1 Å². The summed E-state index contributed by atoms with van der Waals surface area (Å²) in [4.78, 5) is 2.42. The summed E-state index contributed by atoms with van der Waals surface area (Å²) in [6, 6.07) is 8.18. The van der Waals surface area contributed by atoms with Crippen molar-refractivity contribution in [3.63, 3.8) is 0 Å². The average Bonchev–Trinajstić information content (AvgIpc) is 2.83. The van der Waals surface area contributed by atoms with Crippen molar-refractivity contribution in [2.24, 2.45) is 5.41 Å². The van der Waals surface area contributed by atoms with Crippen LogP contribution >= 0.6 is 0 Å². The largest absolute Gasteiger partial charge is 0.492 e. The van der Waals surface area contributed by atoms with Crippen LogP contribution in [0.4, 0.5) is 0 Å². The Hall–Kier alpha value is -1.06. The third-order valence-electron chi connectivity index (χ3n) is 4.30. The summed E-state index contributed by atoms with van der Waals surface area (Å²) in [6.07, 6.45) is 3.38. The molecule has 1 atom stereocenters. The maximum atomic E-state index is 9.64. The Morgan fingerprint density at radius 3 is 2.95 bits per heavy atom. The van der Waals surface area contributed by atoms with Gasteiger partial charge in [-0.2, -0.15) is 0 Å². The molecule has 1 aliphatic rings. The molecule has 1 aromatic rings. The molecule has 1 heterocycles. The molecule has 3 nitrogen and oxygen atoms in total. The third kappa shape index (κ3) is 3.97. The first kappa shape index (κ1) is 15.3. The molecule has 0 bridgehead atoms. The summed E-state index contributed by atoms with van der Waals surface area (Å²) in [7, 11) is 0. The first-order valence-corrected chi connectivity index (χ1v) is 7.70. The highest BCUT2D eigenvalue weighted by atomic mass is 16.5. The van der Waals surface area contributed by atoms with Gasteiger partial charge in [0.25, 0.3) is 0 Å². The van der Waals surface area contributed by atoms with Gasteiger partial charge in [-0.05, 0) is 44.0 Å². The molecule has 20 heavy (non-hydrogen) atoms. The summed E-state index contributed by atoms with van der Waals surface area (Å²) in [6.45, 7) is 8.34. The second-order valence-corrected chi connectivity index (χ2v) is 6.10. The molecule has 1 aromatic carbocycles. The maximum absolute atomic E-state index is 9.64. The quantitative estimate of drug-likeness (QED) is 0.832. The van der Waals surface area contributed by atoms with E-state index in [0.717, 1.165) is 51.3 Å². The number of aryl methyl sites for hydroxylation is 1. The van der Waals surface area contributed by atoms with E-state index in [9.17, 15) is 5.11 Å². The van der Waals surface area contributed by atoms with Gasteiger partial charge in [-0.25, -0.2) is 0 Å². The van der Waals surface area contributed by atoms with Crippen LogP contribution in [0, 0.1) is 12.3 Å². The van der Waals surface area contributed by atoms with Crippen molar-refractivity contribution in [1.29, 1.82) is 0 Å². The van der Waals surface area contributed by atoms with Crippen molar-refractivity contribution in [3.05, 3.63) is 29.8 Å². The lowest BCUT2D eigenvalue weighted by molar-refractivity contribution is 0.115. The van der Waals surface area contributed by atoms with Gasteiger partial charge in [-0.15, -0.1) is 0 Å². The number of nitrogens with zero attached hydrogens (tertiary/aromatic N) is 1. The van der Waals surface area contributed by atoms with Crippen LogP contribution in [0.5, 0.6) is 5.75 Å². The van der Waals surface area contributed by atoms with E-state index in [0.29, 0.717) is 6.61 Å². The normalized spacial score (nSPS) is 23.1. The van der Waals surface area contributed by atoms with E-state index in [4.69, 9.17) is 4.74 Å². The number of aliphatic hydroxyl groups excluding tert-OH is 1. The minimum atomic E-state index is 0.137. The fourth-order valence-corrected chi connectivity index (χ4v) is 3.16. The van der Waals surface area contributed by atoms with Gasteiger partial charge in [0.05, 0.1) is 0 Å². The highest BCUT2D eigenvalue weighted by Crippen LogP contribution is 2.34. The number of aliphatic hydroxyl groups is 1. The zero-order valence-corrected chi connectivity index (χ0v) is 12.8. The number of likely N-dealkylation sites (tertiary alicyclic amines) is 1. The lowest BCUT2D eigenvalue weighted by atomic mass is 9.83. The first-order valence-electron chi connectivity index (χ1n) is 7.70. The lowest BCUT2D eigenvalue weighted by Gasteiger charge is -2.26. The topological polar surface area (TPSA) is 32.7 Å². The highest BCUT2D eigenvalue weighted by molar-refractivity contribution is 5.27. The number of hydrogen-bond acceptors (Lipinski definition) is 3. The minimum Gasteiger partial charge on any atom is -0.492 e. The van der Waals surface area contributed by atoms with Gasteiger partial charge in [0.1, 0.15) is 12.4 Å². The van der Waals surface area contributed by atoms with Crippen molar-refractivity contribution in [1.82, 2.24) is 4.90 Å². The van der Waals surface area contributed by atoms with E-state index in [1.165, 1.54) is 5.56 Å². The van der Waals surface area contributed by atoms with Crippen LogP contribution in [0.1, 0.15) is 31.7 Å². The Balaban J connectivity index is 1.76. The van der Waals surface area contributed by atoms with Crippen molar-refractivity contribution >= 4 is 0 Å². The van der Waals surface area contributed by atoms with Crippen LogP contribution < -0.4 is 4.74 Å². The lowest BCUT2D eigenvalue weighted by Crippen LogP contribution is -2.32. The molecule has 1 saturated heterocycles. The minimum absolute atomic E-state index is 0.137. The fraction of sp³-hybridized carbons (Fsp3) is 0.647. The monoisotopic (exact) mass is 277 g/mol. The summed E-state index contributed by atoms with van der Waals surface area (Å²) in [5, 5.41) is 9.64. The number of hydrogen-bond donors (Lipinski definition) is 1. The number of benzene rings is 1. The van der Waals surface area contributed by atoms with E-state index < -0.39 is 0 Å². The van der Waals surface area contributed by atoms with E-state index in [1.807, 2.05) is 12.1 Å². The van der Waals surface area contributed by atoms with E-state index >= 15 is 0 Å². The van der Waals surface area contributed by atoms with Gasteiger partial charge in [-0.1, -0.05) is 25.5 Å². The summed E-state index contributed by atoms with van der Waals surface area (Å²) in [5.41, 5.74) is 1.36. The summed E-state index contributed by atoms with van der Waals surface area (Å²) in [5.74, 6) is 0.950. The summed E-state index contributed by atoms with van der Waals surface area (Å²) < 4.78 is 5.81. The molecule has 112 valence electrons. The van der Waals surface area contributed by atoms with Crippen LogP contribution in [0.3, 0.4) is 0 Å². The van der Waals surface area contributed by atoms with Gasteiger partial charge in [-0.3, -0.25) is 4.90 Å². The molecular formula is C17H27NO2. The smallest absolute Gasteiger partial charge is 0.119 e. The van der Waals surface area contributed by atoms with Gasteiger partial charge in [0.2, 0.25) is 0 Å². The third-order valence-corrected chi connectivity index (χ3v) is 4.30. The van der Waals surface area contributed by atoms with Gasteiger partial charge >= 0.3 is 0 Å². The molecule has 1 fully saturated rings. The van der Waals surface area contributed by atoms with Gasteiger partial charge in [0.15, 0.2) is 0 Å². The predicted octanol–water partition coefficient (Wildman–Crippen LogP) is 2.86. The summed E-state index contributed by atoms with van der Waals surface area (Å²) >= 11 is 0. The molecular weight excluding hydrogens is 250 g/mol. The molecule has 2 rings (SSSR count). The SMILES string of the molecule is CCCC1(CO)CCN(CCOc2cccc(C)c2)C1. The highest BCUT2D eigenvalue weighted by Gasteiger charge is 2.36. The molecule has 0 amide bonds. The Morgan fingerprint density at radius 2 is 2.25 bits per heavy atom. The maximum Gasteiger partial charge on any atom is 0.119 e. The number of rotatable bonds is 7. The molecule has 0 aliphatic carbocycles. The zero-order chi connectivity index (χ0) is 14.4. The molecule has 0 radical (unpaired) electrons. The van der Waals surface area contributed by atoms with Crippen LogP contribution in [0.2, 0.25) is 0 Å². The molecule has 1 unspecified atom stereocenters. The Labute approximate surface area is 122 Å². The molecule has 0 aromatic heterocycles. The van der Waals surface area contributed by atoms with Crippen molar-refractivity contribution in [2.75, 3.05) is 32.8 Å². The zero-order valence-electron chi connectivity index (χ0n) is 12.8. The van der Waals surface area contributed by atoms with Crippen LogP contribution in [-0.4, -0.2) is 42.9 Å². The van der Waals surface area contributed by atoms with Gasteiger partial charge in [0, 0.05) is 25.1 Å². The Kier molecular flexibility index (Phi) is 5.44. The molecule has 1 aliphatic heterocycles. The number of ether oxygens (including phenoxy) is 1. The van der Waals surface area contributed by atoms with Gasteiger partial charge < -0.3 is 9.84 Å². The second kappa shape index (κ2) is 7.09. The van der Waals surface area contributed by atoms with Crippen LogP contribution in [0.15, 0.2) is 24.3 Å². The van der Waals surface area contributed by atoms with Crippen LogP contribution in [0.25, 0.3) is 0 Å². The van der Waals surface area contributed by atoms with E-state index in [1.54, 1.807) is 0 Å². The average molecular weight is 277 g/mol. The Bertz CT molecular complexity index is 421. The van der Waals surface area contributed by atoms with Crippen molar-refractivity contribution < 1.29 is 9.84 Å². The van der Waals surface area contributed by atoms with Crippen molar-refractivity contribution in [3.8, 4) is 5.75 Å². The standard InChI is InChI=1S/C17H27NO2/c1-3-7-17(14-19)8-9-18(13-17)10-11-20-16-6-4-5-15(2)12-16/h4-6,12,19H,3,7-11,13-14H2,1-2H3. The van der Waals surface area contributed by atoms with E-state index in [-0.39, 0.29) is 5.41 Å². The second-order valence-electron chi connectivity index (χ2n) is 6.10. The molecule has 1 N–H and O–H groups in total. The van der Waals surface area contributed by atoms with Crippen LogP contribution in [-0.2, 0) is 0 Å². The molecule has 0 saturated carbocycles. The predicted molar refractivity (Wildman–Crippen MR) is 82.2 cm³/mol. The molecule has 3 heteroatoms. The van der Waals surface area contributed by atoms with E-state index in [2.05, 4.69) is 30.9 Å². The fourth-order valence-electron chi connectivity index (χ4n) is 3.16. The Morgan fingerprint density at radius 1 is 1.40 bits per heavy atom.